The molecule has 2 atom stereocenters. The van der Waals surface area contributed by atoms with Gasteiger partial charge in [0, 0.05) is 38.0 Å². The van der Waals surface area contributed by atoms with Crippen molar-refractivity contribution in [1.82, 2.24) is 10.2 Å². The molecule has 5 heteroatoms. The molecule has 3 N–H and O–H groups in total. The molecule has 0 saturated carbocycles. The maximum atomic E-state index is 12.3. The lowest BCUT2D eigenvalue weighted by molar-refractivity contribution is -0.130. The van der Waals surface area contributed by atoms with Crippen LogP contribution in [-0.4, -0.2) is 41.9 Å². The summed E-state index contributed by atoms with van der Waals surface area (Å²) in [7, 11) is 0. The van der Waals surface area contributed by atoms with Crippen molar-refractivity contribution in [2.75, 3.05) is 13.1 Å². The lowest BCUT2D eigenvalue weighted by Crippen LogP contribution is -2.38. The first-order valence-corrected chi connectivity index (χ1v) is 8.41. The normalized spacial score (nSPS) is 18.7. The molecule has 23 heavy (non-hydrogen) atoms. The van der Waals surface area contributed by atoms with E-state index in [0.29, 0.717) is 25.8 Å². The van der Waals surface area contributed by atoms with E-state index in [1.54, 1.807) is 0 Å². The van der Waals surface area contributed by atoms with Gasteiger partial charge in [-0.05, 0) is 31.7 Å². The monoisotopic (exact) mass is 317 g/mol. The minimum Gasteiger partial charge on any atom is -0.352 e. The van der Waals surface area contributed by atoms with Gasteiger partial charge in [0.15, 0.2) is 0 Å². The molecule has 2 unspecified atom stereocenters. The number of hydrogen-bond acceptors (Lipinski definition) is 3. The molecular formula is C18H27N3O2. The molecule has 0 aliphatic carbocycles. The van der Waals surface area contributed by atoms with E-state index < -0.39 is 0 Å². The van der Waals surface area contributed by atoms with Gasteiger partial charge in [0.1, 0.15) is 0 Å². The van der Waals surface area contributed by atoms with Crippen LogP contribution in [0.1, 0.15) is 38.2 Å². The average molecular weight is 317 g/mol. The number of benzene rings is 1. The molecule has 1 aliphatic rings. The zero-order chi connectivity index (χ0) is 16.7. The van der Waals surface area contributed by atoms with E-state index in [2.05, 4.69) is 5.32 Å². The molecule has 5 nitrogen and oxygen atoms in total. The molecule has 2 rings (SSSR count). The van der Waals surface area contributed by atoms with Crippen LogP contribution in [0.3, 0.4) is 0 Å². The second-order valence-corrected chi connectivity index (χ2v) is 6.39. The van der Waals surface area contributed by atoms with Crippen molar-refractivity contribution in [3.05, 3.63) is 35.9 Å². The minimum atomic E-state index is 0.0332. The zero-order valence-electron chi connectivity index (χ0n) is 13.8. The molecule has 1 fully saturated rings. The van der Waals surface area contributed by atoms with E-state index in [1.807, 2.05) is 42.2 Å². The number of aryl methyl sites for hydroxylation is 1. The van der Waals surface area contributed by atoms with Gasteiger partial charge < -0.3 is 16.0 Å². The quantitative estimate of drug-likeness (QED) is 0.799. The number of nitrogens with zero attached hydrogens (tertiary/aromatic N) is 1. The van der Waals surface area contributed by atoms with E-state index in [-0.39, 0.29) is 23.9 Å². The molecule has 1 saturated heterocycles. The Balaban J connectivity index is 1.69. The number of rotatable bonds is 7. The van der Waals surface area contributed by atoms with E-state index in [4.69, 9.17) is 5.73 Å². The lowest BCUT2D eigenvalue weighted by Gasteiger charge is -2.17. The molecule has 1 aliphatic heterocycles. The summed E-state index contributed by atoms with van der Waals surface area (Å²) in [5, 5.41) is 3.00. The van der Waals surface area contributed by atoms with Crippen LogP contribution in [0.5, 0.6) is 0 Å². The standard InChI is InChI=1S/C18H27N3O2/c1-14(19)7-9-17(22)20-16-11-12-21(13-16)18(23)10-8-15-5-3-2-4-6-15/h2-6,14,16H,7-13,19H2,1H3,(H,20,22). The molecule has 126 valence electrons. The molecule has 0 bridgehead atoms. The Morgan fingerprint density at radius 3 is 2.74 bits per heavy atom. The summed E-state index contributed by atoms with van der Waals surface area (Å²) in [6.45, 7) is 3.25. The predicted molar refractivity (Wildman–Crippen MR) is 90.8 cm³/mol. The van der Waals surface area contributed by atoms with Crippen molar-refractivity contribution >= 4 is 11.8 Å². The molecule has 0 spiro atoms. The molecule has 0 radical (unpaired) electrons. The first-order chi connectivity index (χ1) is 11.0. The topological polar surface area (TPSA) is 75.4 Å². The van der Waals surface area contributed by atoms with Gasteiger partial charge in [0.05, 0.1) is 0 Å². The van der Waals surface area contributed by atoms with Crippen molar-refractivity contribution in [3.63, 3.8) is 0 Å². The number of carbonyl (C=O) groups excluding carboxylic acids is 2. The summed E-state index contributed by atoms with van der Waals surface area (Å²) in [6, 6.07) is 10.2. The summed E-state index contributed by atoms with van der Waals surface area (Å²) in [5.41, 5.74) is 6.84. The SMILES string of the molecule is CC(N)CCC(=O)NC1CCN(C(=O)CCc2ccccc2)C1. The number of hydrogen-bond donors (Lipinski definition) is 2. The van der Waals surface area contributed by atoms with Gasteiger partial charge in [-0.2, -0.15) is 0 Å². The maximum absolute atomic E-state index is 12.3. The summed E-state index contributed by atoms with van der Waals surface area (Å²) in [6.07, 6.45) is 3.27. The highest BCUT2D eigenvalue weighted by molar-refractivity contribution is 5.78. The molecule has 2 amide bonds. The highest BCUT2D eigenvalue weighted by atomic mass is 16.2. The van der Waals surface area contributed by atoms with Crippen molar-refractivity contribution in [2.24, 2.45) is 5.73 Å². The van der Waals surface area contributed by atoms with Crippen LogP contribution in [0.2, 0.25) is 0 Å². The van der Waals surface area contributed by atoms with Gasteiger partial charge in [0.25, 0.3) is 0 Å². The summed E-state index contributed by atoms with van der Waals surface area (Å²) >= 11 is 0. The van der Waals surface area contributed by atoms with Crippen molar-refractivity contribution in [2.45, 2.75) is 51.1 Å². The van der Waals surface area contributed by atoms with Gasteiger partial charge in [-0.1, -0.05) is 30.3 Å². The Morgan fingerprint density at radius 1 is 1.30 bits per heavy atom. The highest BCUT2D eigenvalue weighted by Crippen LogP contribution is 2.13. The highest BCUT2D eigenvalue weighted by Gasteiger charge is 2.26. The van der Waals surface area contributed by atoms with Gasteiger partial charge in [-0.15, -0.1) is 0 Å². The number of nitrogens with one attached hydrogen (secondary N) is 1. The summed E-state index contributed by atoms with van der Waals surface area (Å²) in [5.74, 6) is 0.201. The van der Waals surface area contributed by atoms with Crippen LogP contribution in [0.25, 0.3) is 0 Å². The van der Waals surface area contributed by atoms with Gasteiger partial charge >= 0.3 is 0 Å². The fourth-order valence-corrected chi connectivity index (χ4v) is 2.82. The van der Waals surface area contributed by atoms with E-state index in [9.17, 15) is 9.59 Å². The largest absolute Gasteiger partial charge is 0.352 e. The Kier molecular flexibility index (Phi) is 6.59. The van der Waals surface area contributed by atoms with Crippen LogP contribution < -0.4 is 11.1 Å². The third-order valence-corrected chi connectivity index (χ3v) is 4.20. The minimum absolute atomic E-state index is 0.0332. The van der Waals surface area contributed by atoms with Crippen LogP contribution in [-0.2, 0) is 16.0 Å². The van der Waals surface area contributed by atoms with Gasteiger partial charge in [-0.25, -0.2) is 0 Å². The van der Waals surface area contributed by atoms with Crippen LogP contribution in [0, 0.1) is 0 Å². The zero-order valence-corrected chi connectivity index (χ0v) is 13.8. The second kappa shape index (κ2) is 8.67. The third kappa shape index (κ3) is 6.02. The predicted octanol–water partition coefficient (Wildman–Crippen LogP) is 1.46. The third-order valence-electron chi connectivity index (χ3n) is 4.20. The van der Waals surface area contributed by atoms with Gasteiger partial charge in [0.2, 0.25) is 11.8 Å². The second-order valence-electron chi connectivity index (χ2n) is 6.39. The molecule has 1 aromatic carbocycles. The number of nitrogens with two attached hydrogens (primary N) is 1. The van der Waals surface area contributed by atoms with E-state index in [1.165, 1.54) is 5.56 Å². The van der Waals surface area contributed by atoms with Crippen molar-refractivity contribution in [1.29, 1.82) is 0 Å². The van der Waals surface area contributed by atoms with E-state index in [0.717, 1.165) is 19.4 Å². The van der Waals surface area contributed by atoms with Crippen LogP contribution in [0.15, 0.2) is 30.3 Å². The Bertz CT molecular complexity index is 516. The van der Waals surface area contributed by atoms with Crippen LogP contribution >= 0.6 is 0 Å². The summed E-state index contributed by atoms with van der Waals surface area (Å²) < 4.78 is 0. The van der Waals surface area contributed by atoms with Gasteiger partial charge in [-0.3, -0.25) is 9.59 Å². The van der Waals surface area contributed by atoms with E-state index >= 15 is 0 Å². The number of carbonyl (C=O) groups is 2. The molecule has 1 aromatic rings. The Hall–Kier alpha value is -1.88. The van der Waals surface area contributed by atoms with Crippen LogP contribution in [0.4, 0.5) is 0 Å². The van der Waals surface area contributed by atoms with Crippen molar-refractivity contribution < 1.29 is 9.59 Å². The first kappa shape index (κ1) is 17.5. The maximum Gasteiger partial charge on any atom is 0.222 e. The average Bonchev–Trinajstić information content (AvgIpc) is 3.00. The number of likely N-dealkylation sites (tertiary alicyclic amines) is 1. The molecule has 1 heterocycles. The fourth-order valence-electron chi connectivity index (χ4n) is 2.82. The smallest absolute Gasteiger partial charge is 0.222 e. The van der Waals surface area contributed by atoms with Crippen molar-refractivity contribution in [3.8, 4) is 0 Å². The lowest BCUT2D eigenvalue weighted by atomic mass is 10.1. The molecule has 0 aromatic heterocycles. The first-order valence-electron chi connectivity index (χ1n) is 8.41. The molecular weight excluding hydrogens is 290 g/mol. The summed E-state index contributed by atoms with van der Waals surface area (Å²) in [4.78, 5) is 25.9. The Labute approximate surface area is 138 Å². The number of amides is 2. The Morgan fingerprint density at radius 2 is 2.04 bits per heavy atom. The fraction of sp³-hybridized carbons (Fsp3) is 0.556.